The molecule has 1 saturated heterocycles. The van der Waals surface area contributed by atoms with E-state index in [1.165, 1.54) is 11.3 Å². The molecule has 5 nitrogen and oxygen atoms in total. The van der Waals surface area contributed by atoms with Crippen LogP contribution in [0.5, 0.6) is 0 Å². The maximum Gasteiger partial charge on any atom is 0.410 e. The van der Waals surface area contributed by atoms with Gasteiger partial charge < -0.3 is 15.0 Å². The van der Waals surface area contributed by atoms with Crippen LogP contribution >= 0.6 is 11.3 Å². The van der Waals surface area contributed by atoms with Crippen LogP contribution in [-0.4, -0.2) is 35.7 Å². The normalized spacial score (nSPS) is 18.3. The Balaban J connectivity index is 1.81. The molecule has 120 valence electrons. The predicted octanol–water partition coefficient (Wildman–Crippen LogP) is 3.11. The first-order valence-corrected chi connectivity index (χ1v) is 8.40. The number of thiophene rings is 1. The lowest BCUT2D eigenvalue weighted by molar-refractivity contribution is 0.0226. The zero-order valence-corrected chi connectivity index (χ0v) is 14.2. The number of hydrogen-bond donors (Lipinski definition) is 1. The lowest BCUT2D eigenvalue weighted by Crippen LogP contribution is -2.43. The number of carbonyl (C=O) groups is 1. The average Bonchev–Trinajstić information content (AvgIpc) is 3.05. The molecule has 1 fully saturated rings. The van der Waals surface area contributed by atoms with Gasteiger partial charge in [0.1, 0.15) is 16.5 Å². The van der Waals surface area contributed by atoms with Crippen molar-refractivity contribution in [1.29, 1.82) is 5.26 Å². The molecule has 0 bridgehead atoms. The van der Waals surface area contributed by atoms with Crippen molar-refractivity contribution in [3.8, 4) is 6.07 Å². The Morgan fingerprint density at radius 1 is 1.55 bits per heavy atom. The molecular weight excluding hydrogens is 298 g/mol. The third-order valence-corrected chi connectivity index (χ3v) is 4.45. The van der Waals surface area contributed by atoms with Gasteiger partial charge in [0.2, 0.25) is 0 Å². The molecule has 1 aliphatic rings. The molecule has 22 heavy (non-hydrogen) atoms. The predicted molar refractivity (Wildman–Crippen MR) is 86.7 cm³/mol. The molecular formula is C16H23N3O2S. The minimum Gasteiger partial charge on any atom is -0.444 e. The standard InChI is InChI=1S/C16H23N3O2S/c1-16(2,3)21-15(20)19-8-4-5-12(19)10-18-11-14-7-6-13(9-17)22-14/h6-7,12,18H,4-5,8,10-11H2,1-3H3. The largest absolute Gasteiger partial charge is 0.444 e. The Labute approximate surface area is 135 Å². The number of ether oxygens (including phenoxy) is 1. The van der Waals surface area contributed by atoms with E-state index in [0.29, 0.717) is 0 Å². The van der Waals surface area contributed by atoms with E-state index in [-0.39, 0.29) is 12.1 Å². The highest BCUT2D eigenvalue weighted by molar-refractivity contribution is 7.12. The molecule has 1 aromatic heterocycles. The van der Waals surface area contributed by atoms with E-state index in [1.807, 2.05) is 37.8 Å². The van der Waals surface area contributed by atoms with Crippen molar-refractivity contribution in [2.24, 2.45) is 0 Å². The van der Waals surface area contributed by atoms with Crippen LogP contribution in [0.4, 0.5) is 4.79 Å². The lowest BCUT2D eigenvalue weighted by Gasteiger charge is -2.28. The topological polar surface area (TPSA) is 65.4 Å². The summed E-state index contributed by atoms with van der Waals surface area (Å²) in [5.74, 6) is 0. The van der Waals surface area contributed by atoms with Gasteiger partial charge in [-0.05, 0) is 45.7 Å². The summed E-state index contributed by atoms with van der Waals surface area (Å²) in [6.07, 6.45) is 1.79. The van der Waals surface area contributed by atoms with Crippen LogP contribution in [0, 0.1) is 11.3 Å². The van der Waals surface area contributed by atoms with Crippen LogP contribution in [0.25, 0.3) is 0 Å². The number of carbonyl (C=O) groups excluding carboxylic acids is 1. The summed E-state index contributed by atoms with van der Waals surface area (Å²) in [6.45, 7) is 7.90. The first kappa shape index (κ1) is 16.8. The number of amides is 1. The second-order valence-electron chi connectivity index (χ2n) is 6.48. The molecule has 0 saturated carbocycles. The third-order valence-electron chi connectivity index (χ3n) is 3.46. The van der Waals surface area contributed by atoms with Gasteiger partial charge in [-0.1, -0.05) is 0 Å². The van der Waals surface area contributed by atoms with Gasteiger partial charge in [0.15, 0.2) is 0 Å². The van der Waals surface area contributed by atoms with Crippen LogP contribution < -0.4 is 5.32 Å². The maximum absolute atomic E-state index is 12.2. The van der Waals surface area contributed by atoms with Gasteiger partial charge in [-0.25, -0.2) is 4.79 Å². The Bertz CT molecular complexity index is 556. The lowest BCUT2D eigenvalue weighted by atomic mass is 10.2. The number of rotatable bonds is 4. The number of nitriles is 1. The van der Waals surface area contributed by atoms with Gasteiger partial charge in [0.05, 0.1) is 0 Å². The SMILES string of the molecule is CC(C)(C)OC(=O)N1CCCC1CNCc1ccc(C#N)s1. The Kier molecular flexibility index (Phi) is 5.43. The molecule has 0 spiro atoms. The zero-order valence-electron chi connectivity index (χ0n) is 13.4. The van der Waals surface area contributed by atoms with E-state index in [0.717, 1.165) is 42.2 Å². The smallest absolute Gasteiger partial charge is 0.410 e. The number of nitrogens with zero attached hydrogens (tertiary/aromatic N) is 2. The Hall–Kier alpha value is -1.58. The van der Waals surface area contributed by atoms with Crippen molar-refractivity contribution in [3.05, 3.63) is 21.9 Å². The fourth-order valence-electron chi connectivity index (χ4n) is 2.50. The van der Waals surface area contributed by atoms with Gasteiger partial charge in [0.25, 0.3) is 0 Å². The second kappa shape index (κ2) is 7.12. The van der Waals surface area contributed by atoms with E-state index in [4.69, 9.17) is 10.00 Å². The maximum atomic E-state index is 12.2. The summed E-state index contributed by atoms with van der Waals surface area (Å²) in [6, 6.07) is 6.14. The Morgan fingerprint density at radius 2 is 2.32 bits per heavy atom. The summed E-state index contributed by atoms with van der Waals surface area (Å²) in [5.41, 5.74) is -0.456. The van der Waals surface area contributed by atoms with Crippen molar-refractivity contribution in [3.63, 3.8) is 0 Å². The van der Waals surface area contributed by atoms with E-state index in [2.05, 4.69) is 11.4 Å². The molecule has 1 aliphatic heterocycles. The average molecular weight is 321 g/mol. The summed E-state index contributed by atoms with van der Waals surface area (Å²) in [7, 11) is 0. The first-order chi connectivity index (χ1) is 10.4. The number of likely N-dealkylation sites (tertiary alicyclic amines) is 1. The van der Waals surface area contributed by atoms with Crippen molar-refractivity contribution < 1.29 is 9.53 Å². The van der Waals surface area contributed by atoms with Crippen molar-refractivity contribution in [1.82, 2.24) is 10.2 Å². The van der Waals surface area contributed by atoms with E-state index in [9.17, 15) is 4.79 Å². The Morgan fingerprint density at radius 3 is 2.95 bits per heavy atom. The van der Waals surface area contributed by atoms with Crippen LogP contribution in [0.15, 0.2) is 12.1 Å². The van der Waals surface area contributed by atoms with Gasteiger partial charge in [-0.15, -0.1) is 11.3 Å². The van der Waals surface area contributed by atoms with Gasteiger partial charge in [-0.2, -0.15) is 5.26 Å². The molecule has 1 N–H and O–H groups in total. The van der Waals surface area contributed by atoms with E-state index < -0.39 is 5.60 Å². The first-order valence-electron chi connectivity index (χ1n) is 7.58. The van der Waals surface area contributed by atoms with E-state index >= 15 is 0 Å². The molecule has 0 radical (unpaired) electrons. The number of nitrogens with one attached hydrogen (secondary N) is 1. The minimum absolute atomic E-state index is 0.185. The molecule has 1 amide bonds. The fraction of sp³-hybridized carbons (Fsp3) is 0.625. The van der Waals surface area contributed by atoms with Crippen molar-refractivity contribution >= 4 is 17.4 Å². The minimum atomic E-state index is -0.456. The van der Waals surface area contributed by atoms with Crippen LogP contribution in [-0.2, 0) is 11.3 Å². The molecule has 2 heterocycles. The van der Waals surface area contributed by atoms with E-state index in [1.54, 1.807) is 0 Å². The third kappa shape index (κ3) is 4.72. The summed E-state index contributed by atoms with van der Waals surface area (Å²) >= 11 is 1.50. The second-order valence-corrected chi connectivity index (χ2v) is 7.65. The highest BCUT2D eigenvalue weighted by atomic mass is 32.1. The quantitative estimate of drug-likeness (QED) is 0.925. The van der Waals surface area contributed by atoms with Gasteiger partial charge in [-0.3, -0.25) is 0 Å². The van der Waals surface area contributed by atoms with Crippen molar-refractivity contribution in [2.75, 3.05) is 13.1 Å². The molecule has 2 rings (SSSR count). The summed E-state index contributed by atoms with van der Waals surface area (Å²) in [5, 5.41) is 12.2. The molecule has 0 aliphatic carbocycles. The molecule has 1 unspecified atom stereocenters. The van der Waals surface area contributed by atoms with Crippen LogP contribution in [0.3, 0.4) is 0 Å². The van der Waals surface area contributed by atoms with Crippen LogP contribution in [0.1, 0.15) is 43.4 Å². The van der Waals surface area contributed by atoms with Gasteiger partial charge in [0, 0.05) is 30.6 Å². The molecule has 1 atom stereocenters. The molecule has 0 aromatic carbocycles. The monoisotopic (exact) mass is 321 g/mol. The highest BCUT2D eigenvalue weighted by Gasteiger charge is 2.31. The zero-order chi connectivity index (χ0) is 16.2. The molecule has 6 heteroatoms. The molecule has 1 aromatic rings. The summed E-state index contributed by atoms with van der Waals surface area (Å²) < 4.78 is 5.46. The van der Waals surface area contributed by atoms with Crippen molar-refractivity contribution in [2.45, 2.75) is 51.8 Å². The summed E-state index contributed by atoms with van der Waals surface area (Å²) in [4.78, 5) is 15.9. The van der Waals surface area contributed by atoms with Crippen LogP contribution in [0.2, 0.25) is 0 Å². The highest BCUT2D eigenvalue weighted by Crippen LogP contribution is 2.21. The fourth-order valence-corrected chi connectivity index (χ4v) is 3.28. The van der Waals surface area contributed by atoms with Gasteiger partial charge >= 0.3 is 6.09 Å². The number of hydrogen-bond acceptors (Lipinski definition) is 5.